The topological polar surface area (TPSA) is 98.4 Å². The minimum Gasteiger partial charge on any atom is -0.497 e. The van der Waals surface area contributed by atoms with Crippen LogP contribution in [0.3, 0.4) is 0 Å². The number of nitrogen functional groups attached to an aromatic ring is 1. The average molecular weight is 459 g/mol. The highest BCUT2D eigenvalue weighted by Gasteiger charge is 2.27. The first-order valence-corrected chi connectivity index (χ1v) is 11.4. The van der Waals surface area contributed by atoms with Gasteiger partial charge in [-0.3, -0.25) is 9.59 Å². The first kappa shape index (κ1) is 24.0. The zero-order valence-corrected chi connectivity index (χ0v) is 19.7. The van der Waals surface area contributed by atoms with E-state index < -0.39 is 0 Å². The third-order valence-electron chi connectivity index (χ3n) is 6.25. The summed E-state index contributed by atoms with van der Waals surface area (Å²) in [5.41, 5.74) is 8.36. The number of benzene rings is 1. The minimum atomic E-state index is -0.348. The Balaban J connectivity index is 1.48. The Kier molecular flexibility index (Phi) is 8.07. The smallest absolute Gasteiger partial charge is 0.225 e. The van der Waals surface area contributed by atoms with Crippen molar-refractivity contribution in [3.8, 4) is 5.75 Å². The van der Waals surface area contributed by atoms with E-state index in [0.29, 0.717) is 36.1 Å². The number of rotatable bonds is 8. The molecule has 1 amide bonds. The highest BCUT2D eigenvalue weighted by atomic mass is 35.5. The van der Waals surface area contributed by atoms with Crippen LogP contribution >= 0.6 is 11.6 Å². The Hall–Kier alpha value is -2.67. The summed E-state index contributed by atoms with van der Waals surface area (Å²) in [4.78, 5) is 35.6. The number of methoxy groups -OCH3 is 1. The van der Waals surface area contributed by atoms with Crippen molar-refractivity contribution >= 4 is 29.1 Å². The quantitative estimate of drug-likeness (QED) is 0.472. The van der Waals surface area contributed by atoms with Gasteiger partial charge < -0.3 is 15.4 Å². The second-order valence-electron chi connectivity index (χ2n) is 8.51. The lowest BCUT2D eigenvalue weighted by molar-refractivity contribution is -0.136. The molecule has 1 aliphatic rings. The fourth-order valence-electron chi connectivity index (χ4n) is 4.27. The summed E-state index contributed by atoms with van der Waals surface area (Å²) in [5.74, 6) is 1.26. The van der Waals surface area contributed by atoms with E-state index in [0.717, 1.165) is 36.9 Å². The molecule has 0 radical (unpaired) electrons. The second kappa shape index (κ2) is 10.8. The number of ketones is 1. The van der Waals surface area contributed by atoms with Crippen LogP contribution < -0.4 is 10.5 Å². The van der Waals surface area contributed by atoms with Gasteiger partial charge in [0.2, 0.25) is 11.2 Å². The van der Waals surface area contributed by atoms with Gasteiger partial charge in [-0.2, -0.15) is 0 Å². The molecule has 3 rings (SSSR count). The number of nitrogens with zero attached hydrogens (tertiary/aromatic N) is 3. The maximum atomic E-state index is 12.9. The van der Waals surface area contributed by atoms with E-state index in [4.69, 9.17) is 22.1 Å². The van der Waals surface area contributed by atoms with E-state index in [1.54, 1.807) is 31.4 Å². The maximum Gasteiger partial charge on any atom is 0.225 e. The molecular formula is C24H31ClN4O3. The molecule has 1 atom stereocenters. The molecule has 1 aromatic heterocycles. The first-order chi connectivity index (χ1) is 15.3. The molecule has 1 aromatic carbocycles. The second-order valence-corrected chi connectivity index (χ2v) is 8.85. The van der Waals surface area contributed by atoms with Gasteiger partial charge in [-0.1, -0.05) is 19.1 Å². The van der Waals surface area contributed by atoms with Crippen molar-refractivity contribution < 1.29 is 14.3 Å². The van der Waals surface area contributed by atoms with Crippen LogP contribution in [0.2, 0.25) is 5.28 Å². The average Bonchev–Trinajstić information content (AvgIpc) is 2.78. The van der Waals surface area contributed by atoms with Crippen LogP contribution in [0.25, 0.3) is 0 Å². The maximum absolute atomic E-state index is 12.9. The van der Waals surface area contributed by atoms with Gasteiger partial charge in [0.25, 0.3) is 0 Å². The Labute approximate surface area is 194 Å². The van der Waals surface area contributed by atoms with E-state index in [1.807, 2.05) is 18.7 Å². The molecule has 8 heteroatoms. The number of hydrogen-bond acceptors (Lipinski definition) is 6. The molecular weight excluding hydrogens is 428 g/mol. The number of hydrogen-bond donors (Lipinski definition) is 1. The molecule has 2 aromatic rings. The number of nitrogens with two attached hydrogens (primary N) is 1. The number of amides is 1. The number of carbonyl (C=O) groups excluding carboxylic acids is 2. The van der Waals surface area contributed by atoms with Gasteiger partial charge in [0.15, 0.2) is 5.78 Å². The van der Waals surface area contributed by atoms with Gasteiger partial charge in [-0.05, 0) is 62.3 Å². The van der Waals surface area contributed by atoms with Crippen molar-refractivity contribution in [2.75, 3.05) is 25.9 Å². The van der Waals surface area contributed by atoms with Crippen LogP contribution in [0.5, 0.6) is 5.75 Å². The lowest BCUT2D eigenvalue weighted by Gasteiger charge is -2.33. The van der Waals surface area contributed by atoms with Crippen molar-refractivity contribution in [3.63, 3.8) is 0 Å². The minimum absolute atomic E-state index is 0.0437. The number of Topliss-reactive ketones (excluding diaryl/α,β-unsaturated/α-hetero) is 1. The number of aromatic nitrogens is 2. The molecule has 0 saturated carbocycles. The van der Waals surface area contributed by atoms with Crippen molar-refractivity contribution in [2.45, 2.75) is 46.0 Å². The van der Waals surface area contributed by atoms with Crippen molar-refractivity contribution in [1.29, 1.82) is 0 Å². The number of aryl methyl sites for hydroxylation is 1. The molecule has 2 N–H and O–H groups in total. The molecule has 0 aliphatic carbocycles. The Morgan fingerprint density at radius 1 is 1.28 bits per heavy atom. The van der Waals surface area contributed by atoms with E-state index in [1.165, 1.54) is 0 Å². The van der Waals surface area contributed by atoms with Gasteiger partial charge in [0, 0.05) is 42.2 Å². The highest BCUT2D eigenvalue weighted by molar-refractivity contribution is 6.28. The van der Waals surface area contributed by atoms with Crippen molar-refractivity contribution in [1.82, 2.24) is 14.9 Å². The summed E-state index contributed by atoms with van der Waals surface area (Å²) in [7, 11) is 1.57. The molecule has 1 aliphatic heterocycles. The predicted octanol–water partition coefficient (Wildman–Crippen LogP) is 4.11. The molecule has 7 nitrogen and oxygen atoms in total. The largest absolute Gasteiger partial charge is 0.497 e. The zero-order chi connectivity index (χ0) is 23.3. The van der Waals surface area contributed by atoms with Crippen molar-refractivity contribution in [2.24, 2.45) is 11.8 Å². The van der Waals surface area contributed by atoms with Gasteiger partial charge >= 0.3 is 0 Å². The zero-order valence-electron chi connectivity index (χ0n) is 18.9. The molecule has 32 heavy (non-hydrogen) atoms. The van der Waals surface area contributed by atoms with E-state index in [9.17, 15) is 9.59 Å². The third kappa shape index (κ3) is 5.97. The van der Waals surface area contributed by atoms with Crippen LogP contribution in [-0.2, 0) is 11.2 Å². The van der Waals surface area contributed by atoms with E-state index >= 15 is 0 Å². The van der Waals surface area contributed by atoms with E-state index in [-0.39, 0.29) is 29.3 Å². The summed E-state index contributed by atoms with van der Waals surface area (Å²) in [6, 6.07) is 7.05. The molecule has 172 valence electrons. The summed E-state index contributed by atoms with van der Waals surface area (Å²) in [6.45, 7) is 5.16. The number of halogens is 1. The Bertz CT molecular complexity index is 950. The van der Waals surface area contributed by atoms with Gasteiger partial charge in [-0.25, -0.2) is 9.97 Å². The molecule has 0 unspecified atom stereocenters. The summed E-state index contributed by atoms with van der Waals surface area (Å²) >= 11 is 5.86. The normalized spacial score (nSPS) is 15.4. The number of likely N-dealkylation sites (tertiary alicyclic amines) is 1. The predicted molar refractivity (Wildman–Crippen MR) is 125 cm³/mol. The highest BCUT2D eigenvalue weighted by Crippen LogP contribution is 2.26. The van der Waals surface area contributed by atoms with Crippen molar-refractivity contribution in [3.05, 3.63) is 46.4 Å². The summed E-state index contributed by atoms with van der Waals surface area (Å²) in [6.07, 6.45) is 3.85. The Morgan fingerprint density at radius 3 is 2.66 bits per heavy atom. The number of piperidine rings is 1. The summed E-state index contributed by atoms with van der Waals surface area (Å²) in [5, 5.41) is 0.176. The Morgan fingerprint density at radius 2 is 2.00 bits per heavy atom. The SMILES string of the molecule is COc1cccc(C(=O)C[C@@H](C)C(=O)N2CCC(CCc3c(C)nc(Cl)nc3N)CC2)c1. The standard InChI is InChI=1S/C24H31ClN4O3/c1-15(13-21(30)18-5-4-6-19(14-18)32-3)23(31)29-11-9-17(10-12-29)7-8-20-16(2)27-24(25)28-22(20)26/h4-6,14-15,17H,7-13H2,1-3H3,(H2,26,27,28)/t15-/m1/s1. The number of anilines is 1. The summed E-state index contributed by atoms with van der Waals surface area (Å²) < 4.78 is 5.18. The van der Waals surface area contributed by atoms with E-state index in [2.05, 4.69) is 9.97 Å². The lowest BCUT2D eigenvalue weighted by atomic mass is 9.89. The fraction of sp³-hybridized carbons (Fsp3) is 0.500. The number of carbonyl (C=O) groups is 2. The van der Waals surface area contributed by atoms with Crippen LogP contribution in [-0.4, -0.2) is 46.8 Å². The third-order valence-corrected chi connectivity index (χ3v) is 6.42. The van der Waals surface area contributed by atoms with Gasteiger partial charge in [-0.15, -0.1) is 0 Å². The molecule has 0 bridgehead atoms. The van der Waals surface area contributed by atoms with Gasteiger partial charge in [0.05, 0.1) is 7.11 Å². The fourth-order valence-corrected chi connectivity index (χ4v) is 4.49. The molecule has 1 saturated heterocycles. The number of ether oxygens (including phenoxy) is 1. The molecule has 1 fully saturated rings. The van der Waals surface area contributed by atoms with Crippen LogP contribution in [0.1, 0.15) is 54.2 Å². The van der Waals surface area contributed by atoms with Gasteiger partial charge in [0.1, 0.15) is 11.6 Å². The van der Waals surface area contributed by atoms with Crippen LogP contribution in [0.4, 0.5) is 5.82 Å². The molecule has 0 spiro atoms. The van der Waals surface area contributed by atoms with Crippen LogP contribution in [0, 0.1) is 18.8 Å². The lowest BCUT2D eigenvalue weighted by Crippen LogP contribution is -2.41. The monoisotopic (exact) mass is 458 g/mol. The first-order valence-electron chi connectivity index (χ1n) is 11.0. The molecule has 2 heterocycles. The van der Waals surface area contributed by atoms with Crippen LogP contribution in [0.15, 0.2) is 24.3 Å².